The smallest absolute Gasteiger partial charge is 0.330 e. The second-order valence-corrected chi connectivity index (χ2v) is 6.95. The highest BCUT2D eigenvalue weighted by Gasteiger charge is 2.24. The van der Waals surface area contributed by atoms with Gasteiger partial charge in [-0.25, -0.2) is 0 Å². The van der Waals surface area contributed by atoms with Crippen LogP contribution in [0.5, 0.6) is 0 Å². The van der Waals surface area contributed by atoms with Crippen molar-refractivity contribution in [2.45, 2.75) is 20.3 Å². The number of hydrogen-bond donors (Lipinski definition) is 0. The number of aryl methyl sites for hydroxylation is 2. The topological polar surface area (TPSA) is 52.3 Å². The SMILES string of the molecule is CCOP(=O)(CCc1c[n+](C)nc2ccccc12)OCC.[I-]. The minimum atomic E-state index is -3.01. The molecular formula is C15H22IN2O3P. The molecule has 1 heterocycles. The van der Waals surface area contributed by atoms with Gasteiger partial charge in [0.25, 0.3) is 0 Å². The van der Waals surface area contributed by atoms with Crippen molar-refractivity contribution < 1.29 is 42.3 Å². The summed E-state index contributed by atoms with van der Waals surface area (Å²) >= 11 is 0. The average Bonchev–Trinajstić information content (AvgIpc) is 2.45. The van der Waals surface area contributed by atoms with Gasteiger partial charge in [-0.3, -0.25) is 4.57 Å². The molecule has 0 aliphatic heterocycles. The minimum Gasteiger partial charge on any atom is -1.00 e. The lowest BCUT2D eigenvalue weighted by molar-refractivity contribution is -0.728. The van der Waals surface area contributed by atoms with E-state index in [0.29, 0.717) is 25.8 Å². The van der Waals surface area contributed by atoms with Crippen molar-refractivity contribution in [3.63, 3.8) is 0 Å². The standard InChI is InChI=1S/C15H22N2O3P.HI/c1-4-19-21(18,20-5-2)11-10-13-12-17(3)16-15-9-7-6-8-14(13)15;/h6-9,12H,4-5,10-11H2,1-3H3;1H/q+1;/p-1. The fourth-order valence-electron chi connectivity index (χ4n) is 2.34. The van der Waals surface area contributed by atoms with Gasteiger partial charge in [-0.15, -0.1) is 0 Å². The van der Waals surface area contributed by atoms with E-state index in [1.165, 1.54) is 0 Å². The van der Waals surface area contributed by atoms with E-state index in [1.54, 1.807) is 4.68 Å². The van der Waals surface area contributed by atoms with Crippen LogP contribution >= 0.6 is 7.60 Å². The summed E-state index contributed by atoms with van der Waals surface area (Å²) in [7, 11) is -1.12. The zero-order valence-corrected chi connectivity index (χ0v) is 16.2. The van der Waals surface area contributed by atoms with E-state index in [1.807, 2.05) is 51.4 Å². The van der Waals surface area contributed by atoms with Crippen LogP contribution in [0.15, 0.2) is 30.5 Å². The highest BCUT2D eigenvalue weighted by molar-refractivity contribution is 7.53. The lowest BCUT2D eigenvalue weighted by Gasteiger charge is -2.16. The Labute approximate surface area is 148 Å². The Bertz CT molecular complexity index is 656. The number of halogens is 1. The van der Waals surface area contributed by atoms with E-state index in [0.717, 1.165) is 16.5 Å². The van der Waals surface area contributed by atoms with E-state index in [4.69, 9.17) is 9.05 Å². The molecule has 0 bridgehead atoms. The first-order valence-corrected chi connectivity index (χ1v) is 8.93. The van der Waals surface area contributed by atoms with Crippen molar-refractivity contribution in [1.82, 2.24) is 5.10 Å². The average molecular weight is 436 g/mol. The summed E-state index contributed by atoms with van der Waals surface area (Å²) < 4.78 is 25.0. The Morgan fingerprint density at radius 3 is 2.45 bits per heavy atom. The molecule has 0 aliphatic carbocycles. The summed E-state index contributed by atoms with van der Waals surface area (Å²) in [6.45, 7) is 4.44. The van der Waals surface area contributed by atoms with Crippen LogP contribution in [-0.2, 0) is 27.1 Å². The molecule has 122 valence electrons. The molecule has 5 nitrogen and oxygen atoms in total. The molecule has 0 radical (unpaired) electrons. The molecule has 0 saturated heterocycles. The molecule has 2 rings (SSSR count). The van der Waals surface area contributed by atoms with Gasteiger partial charge in [-0.2, -0.15) is 0 Å². The summed E-state index contributed by atoms with van der Waals surface area (Å²) in [6, 6.07) is 7.95. The predicted octanol–water partition coefficient (Wildman–Crippen LogP) is -0.128. The van der Waals surface area contributed by atoms with Crippen LogP contribution in [0.1, 0.15) is 19.4 Å². The van der Waals surface area contributed by atoms with Gasteiger partial charge in [0.15, 0.2) is 13.2 Å². The van der Waals surface area contributed by atoms with Gasteiger partial charge in [0.05, 0.1) is 19.4 Å². The van der Waals surface area contributed by atoms with Gasteiger partial charge in [0.2, 0.25) is 0 Å². The van der Waals surface area contributed by atoms with Crippen molar-refractivity contribution in [3.8, 4) is 0 Å². The molecule has 1 aromatic carbocycles. The van der Waals surface area contributed by atoms with Gasteiger partial charge < -0.3 is 33.0 Å². The largest absolute Gasteiger partial charge is 1.00 e. The molecule has 0 N–H and O–H groups in total. The van der Waals surface area contributed by atoms with Gasteiger partial charge in [-0.1, -0.05) is 22.9 Å². The van der Waals surface area contributed by atoms with Crippen molar-refractivity contribution in [2.75, 3.05) is 19.4 Å². The zero-order valence-electron chi connectivity index (χ0n) is 13.2. The minimum absolute atomic E-state index is 0. The zero-order chi connectivity index (χ0) is 15.3. The molecule has 1 aromatic heterocycles. The highest BCUT2D eigenvalue weighted by Crippen LogP contribution is 2.48. The Balaban J connectivity index is 0.00000242. The van der Waals surface area contributed by atoms with Crippen molar-refractivity contribution >= 4 is 18.5 Å². The first-order chi connectivity index (χ1) is 10.1. The van der Waals surface area contributed by atoms with E-state index in [-0.39, 0.29) is 24.0 Å². The summed E-state index contributed by atoms with van der Waals surface area (Å²) in [6.07, 6.45) is 2.97. The Kier molecular flexibility index (Phi) is 7.89. The maximum Gasteiger partial charge on any atom is 0.330 e. The maximum atomic E-state index is 12.5. The number of rotatable bonds is 7. The van der Waals surface area contributed by atoms with E-state index in [2.05, 4.69) is 5.10 Å². The number of aromatic nitrogens is 2. The Morgan fingerprint density at radius 2 is 1.82 bits per heavy atom. The van der Waals surface area contributed by atoms with Crippen molar-refractivity contribution in [3.05, 3.63) is 36.0 Å². The van der Waals surface area contributed by atoms with E-state index in [9.17, 15) is 4.57 Å². The third-order valence-electron chi connectivity index (χ3n) is 3.16. The fraction of sp³-hybridized carbons (Fsp3) is 0.467. The molecule has 7 heteroatoms. The third kappa shape index (κ3) is 4.98. The van der Waals surface area contributed by atoms with E-state index >= 15 is 0 Å². The number of hydrogen-bond acceptors (Lipinski definition) is 4. The predicted molar refractivity (Wildman–Crippen MR) is 82.3 cm³/mol. The molecule has 0 spiro atoms. The molecule has 0 saturated carbocycles. The van der Waals surface area contributed by atoms with Crippen LogP contribution in [0.3, 0.4) is 0 Å². The molecular weight excluding hydrogens is 414 g/mol. The second-order valence-electron chi connectivity index (χ2n) is 4.77. The molecule has 2 aromatic rings. The van der Waals surface area contributed by atoms with Crippen LogP contribution < -0.4 is 28.7 Å². The summed E-state index contributed by atoms with van der Waals surface area (Å²) in [5, 5.41) is 5.52. The highest BCUT2D eigenvalue weighted by atomic mass is 127. The monoisotopic (exact) mass is 436 g/mol. The van der Waals surface area contributed by atoms with Gasteiger partial charge in [0.1, 0.15) is 5.52 Å². The maximum absolute atomic E-state index is 12.5. The van der Waals surface area contributed by atoms with E-state index < -0.39 is 7.60 Å². The summed E-state index contributed by atoms with van der Waals surface area (Å²) in [4.78, 5) is 0. The molecule has 22 heavy (non-hydrogen) atoms. The summed E-state index contributed by atoms with van der Waals surface area (Å²) in [5.41, 5.74) is 2.03. The molecule has 0 aliphatic rings. The molecule has 0 unspecified atom stereocenters. The number of benzene rings is 1. The van der Waals surface area contributed by atoms with Crippen LogP contribution in [0.2, 0.25) is 0 Å². The first-order valence-electron chi connectivity index (χ1n) is 7.20. The normalized spacial score (nSPS) is 11.4. The Hall–Kier alpha value is -0.560. The van der Waals surface area contributed by atoms with Crippen molar-refractivity contribution in [2.24, 2.45) is 7.05 Å². The van der Waals surface area contributed by atoms with Gasteiger partial charge in [0, 0.05) is 10.9 Å². The quantitative estimate of drug-likeness (QED) is 0.345. The van der Waals surface area contributed by atoms with Crippen LogP contribution in [-0.4, -0.2) is 24.5 Å². The van der Waals surface area contributed by atoms with Gasteiger partial charge in [-0.05, 0) is 31.4 Å². The van der Waals surface area contributed by atoms with Crippen LogP contribution in [0, 0.1) is 0 Å². The summed E-state index contributed by atoms with van der Waals surface area (Å²) in [5.74, 6) is 0. The van der Waals surface area contributed by atoms with Crippen LogP contribution in [0.25, 0.3) is 10.9 Å². The molecule has 0 amide bonds. The fourth-order valence-corrected chi connectivity index (χ4v) is 3.98. The number of nitrogens with zero attached hydrogens (tertiary/aromatic N) is 2. The molecule has 0 atom stereocenters. The number of fused-ring (bicyclic) bond motifs is 1. The molecule has 0 fully saturated rings. The van der Waals surface area contributed by atoms with Crippen molar-refractivity contribution in [1.29, 1.82) is 0 Å². The Morgan fingerprint density at radius 1 is 1.18 bits per heavy atom. The van der Waals surface area contributed by atoms with Gasteiger partial charge >= 0.3 is 7.60 Å². The first kappa shape index (κ1) is 19.5. The third-order valence-corrected chi connectivity index (χ3v) is 5.24. The lowest BCUT2D eigenvalue weighted by Crippen LogP contribution is -3.00. The van der Waals surface area contributed by atoms with Crippen LogP contribution in [0.4, 0.5) is 0 Å². The second kappa shape index (κ2) is 8.91. The lowest BCUT2D eigenvalue weighted by atomic mass is 10.1.